The summed E-state index contributed by atoms with van der Waals surface area (Å²) >= 11 is 0. The number of hydrogen-bond acceptors (Lipinski definition) is 2. The van der Waals surface area contributed by atoms with E-state index in [2.05, 4.69) is 38.3 Å². The lowest BCUT2D eigenvalue weighted by Crippen LogP contribution is -2.53. The molecule has 118 valence electrons. The molecule has 1 unspecified atom stereocenters. The van der Waals surface area contributed by atoms with Crippen LogP contribution in [-0.4, -0.2) is 29.3 Å². The SMILES string of the molecule is CC(O)CC(C)(C)CNC(=O)NC1(C)CCC(C)CC1. The Morgan fingerprint density at radius 3 is 2.45 bits per heavy atom. The van der Waals surface area contributed by atoms with Crippen LogP contribution in [0.25, 0.3) is 0 Å². The van der Waals surface area contributed by atoms with Crippen LogP contribution < -0.4 is 10.6 Å². The molecule has 0 bridgehead atoms. The van der Waals surface area contributed by atoms with Gasteiger partial charge in [-0.2, -0.15) is 0 Å². The van der Waals surface area contributed by atoms with Crippen LogP contribution >= 0.6 is 0 Å². The van der Waals surface area contributed by atoms with Crippen molar-refractivity contribution in [2.45, 2.75) is 78.4 Å². The lowest BCUT2D eigenvalue weighted by molar-refractivity contribution is 0.127. The summed E-state index contributed by atoms with van der Waals surface area (Å²) in [5.41, 5.74) is -0.154. The lowest BCUT2D eigenvalue weighted by Gasteiger charge is -2.37. The minimum absolute atomic E-state index is 0.0645. The number of aliphatic hydroxyl groups is 1. The average molecular weight is 284 g/mol. The fraction of sp³-hybridized carbons (Fsp3) is 0.938. The molecule has 0 saturated heterocycles. The van der Waals surface area contributed by atoms with E-state index < -0.39 is 0 Å². The van der Waals surface area contributed by atoms with E-state index in [0.717, 1.165) is 18.8 Å². The van der Waals surface area contributed by atoms with Gasteiger partial charge in [-0.25, -0.2) is 4.79 Å². The summed E-state index contributed by atoms with van der Waals surface area (Å²) < 4.78 is 0. The molecule has 0 aromatic heterocycles. The van der Waals surface area contributed by atoms with E-state index in [0.29, 0.717) is 13.0 Å². The third kappa shape index (κ3) is 6.12. The molecule has 1 aliphatic carbocycles. The van der Waals surface area contributed by atoms with Crippen LogP contribution in [0.3, 0.4) is 0 Å². The van der Waals surface area contributed by atoms with Crippen molar-refractivity contribution in [1.29, 1.82) is 0 Å². The number of nitrogens with one attached hydrogen (secondary N) is 2. The van der Waals surface area contributed by atoms with Crippen molar-refractivity contribution in [2.75, 3.05) is 6.54 Å². The van der Waals surface area contributed by atoms with Gasteiger partial charge in [-0.15, -0.1) is 0 Å². The third-order valence-corrected chi connectivity index (χ3v) is 4.37. The third-order valence-electron chi connectivity index (χ3n) is 4.37. The lowest BCUT2D eigenvalue weighted by atomic mass is 9.78. The normalized spacial score (nSPS) is 28.8. The molecule has 1 rings (SSSR count). The Bertz CT molecular complexity index is 318. The minimum Gasteiger partial charge on any atom is -0.393 e. The van der Waals surface area contributed by atoms with Crippen molar-refractivity contribution < 1.29 is 9.90 Å². The maximum absolute atomic E-state index is 12.0. The zero-order valence-corrected chi connectivity index (χ0v) is 13.8. The largest absolute Gasteiger partial charge is 0.393 e. The Hall–Kier alpha value is -0.770. The standard InChI is InChI=1S/C16H32N2O2/c1-12-6-8-16(5,9-7-12)18-14(20)17-11-15(3,4)10-13(2)19/h12-13,19H,6-11H2,1-5H3,(H2,17,18,20). The van der Waals surface area contributed by atoms with Crippen LogP contribution in [0.2, 0.25) is 0 Å². The summed E-state index contributed by atoms with van der Waals surface area (Å²) in [5.74, 6) is 0.776. The molecule has 0 heterocycles. The van der Waals surface area contributed by atoms with Gasteiger partial charge >= 0.3 is 6.03 Å². The molecule has 2 amide bonds. The van der Waals surface area contributed by atoms with Crippen molar-refractivity contribution in [3.05, 3.63) is 0 Å². The van der Waals surface area contributed by atoms with E-state index in [1.807, 2.05) is 0 Å². The molecule has 20 heavy (non-hydrogen) atoms. The van der Waals surface area contributed by atoms with Crippen molar-refractivity contribution in [3.63, 3.8) is 0 Å². The Kier molecular flexibility index (Phi) is 5.87. The highest BCUT2D eigenvalue weighted by Gasteiger charge is 2.31. The van der Waals surface area contributed by atoms with Gasteiger partial charge in [0.25, 0.3) is 0 Å². The molecular weight excluding hydrogens is 252 g/mol. The molecule has 0 radical (unpaired) electrons. The topological polar surface area (TPSA) is 61.4 Å². The van der Waals surface area contributed by atoms with E-state index in [-0.39, 0.29) is 23.1 Å². The number of aliphatic hydroxyl groups excluding tert-OH is 1. The highest BCUT2D eigenvalue weighted by Crippen LogP contribution is 2.31. The molecule has 0 aromatic rings. The molecule has 1 aliphatic rings. The molecule has 3 N–H and O–H groups in total. The van der Waals surface area contributed by atoms with Gasteiger partial charge in [0.15, 0.2) is 0 Å². The summed E-state index contributed by atoms with van der Waals surface area (Å²) in [6, 6.07) is -0.0827. The first-order chi connectivity index (χ1) is 9.12. The summed E-state index contributed by atoms with van der Waals surface area (Å²) in [5, 5.41) is 15.5. The summed E-state index contributed by atoms with van der Waals surface area (Å²) in [6.45, 7) is 10.9. The van der Waals surface area contributed by atoms with Crippen molar-refractivity contribution in [3.8, 4) is 0 Å². The van der Waals surface area contributed by atoms with Crippen molar-refractivity contribution in [2.24, 2.45) is 11.3 Å². The maximum atomic E-state index is 12.0. The first kappa shape index (κ1) is 17.3. The van der Waals surface area contributed by atoms with Gasteiger partial charge in [0.2, 0.25) is 0 Å². The highest BCUT2D eigenvalue weighted by atomic mass is 16.3. The second kappa shape index (κ2) is 6.79. The molecule has 4 heteroatoms. The predicted molar refractivity (Wildman–Crippen MR) is 82.7 cm³/mol. The average Bonchev–Trinajstić information content (AvgIpc) is 2.29. The van der Waals surface area contributed by atoms with Gasteiger partial charge in [-0.3, -0.25) is 0 Å². The van der Waals surface area contributed by atoms with Gasteiger partial charge < -0.3 is 15.7 Å². The molecule has 4 nitrogen and oxygen atoms in total. The first-order valence-electron chi connectivity index (χ1n) is 7.86. The Labute approximate surface area is 123 Å². The number of carbonyl (C=O) groups is 1. The predicted octanol–water partition coefficient (Wildman–Crippen LogP) is 3.05. The van der Waals surface area contributed by atoms with Gasteiger partial charge in [-0.1, -0.05) is 20.8 Å². The summed E-state index contributed by atoms with van der Waals surface area (Å²) in [6.07, 6.45) is 4.82. The van der Waals surface area contributed by atoms with Crippen LogP contribution in [0.15, 0.2) is 0 Å². The fourth-order valence-electron chi connectivity index (χ4n) is 3.03. The summed E-state index contributed by atoms with van der Waals surface area (Å²) in [7, 11) is 0. The van der Waals surface area contributed by atoms with Gasteiger partial charge in [0.05, 0.1) is 6.10 Å². The van der Waals surface area contributed by atoms with E-state index in [1.54, 1.807) is 6.92 Å². The summed E-state index contributed by atoms with van der Waals surface area (Å²) in [4.78, 5) is 12.0. The molecule has 0 spiro atoms. The van der Waals surface area contributed by atoms with Crippen LogP contribution in [-0.2, 0) is 0 Å². The van der Waals surface area contributed by atoms with Crippen molar-refractivity contribution in [1.82, 2.24) is 10.6 Å². The van der Waals surface area contributed by atoms with E-state index in [9.17, 15) is 9.90 Å². The minimum atomic E-state index is -0.341. The van der Waals surface area contributed by atoms with Gasteiger partial charge in [0.1, 0.15) is 0 Å². The number of hydrogen-bond donors (Lipinski definition) is 3. The molecule has 1 fully saturated rings. The molecular formula is C16H32N2O2. The van der Waals surface area contributed by atoms with E-state index >= 15 is 0 Å². The molecule has 0 aromatic carbocycles. The second-order valence-electron chi connectivity index (χ2n) is 7.77. The smallest absolute Gasteiger partial charge is 0.315 e. The van der Waals surface area contributed by atoms with E-state index in [4.69, 9.17) is 0 Å². The Balaban J connectivity index is 2.36. The van der Waals surface area contributed by atoms with Gasteiger partial charge in [-0.05, 0) is 57.3 Å². The maximum Gasteiger partial charge on any atom is 0.315 e. The fourth-order valence-corrected chi connectivity index (χ4v) is 3.03. The quantitative estimate of drug-likeness (QED) is 0.726. The monoisotopic (exact) mass is 284 g/mol. The number of urea groups is 1. The van der Waals surface area contributed by atoms with Crippen LogP contribution in [0.4, 0.5) is 4.79 Å². The number of amides is 2. The molecule has 1 saturated carbocycles. The molecule has 0 aliphatic heterocycles. The molecule has 1 atom stereocenters. The van der Waals surface area contributed by atoms with Crippen LogP contribution in [0, 0.1) is 11.3 Å². The van der Waals surface area contributed by atoms with Crippen LogP contribution in [0.5, 0.6) is 0 Å². The first-order valence-corrected chi connectivity index (χ1v) is 7.86. The second-order valence-corrected chi connectivity index (χ2v) is 7.77. The number of rotatable bonds is 5. The van der Waals surface area contributed by atoms with Crippen molar-refractivity contribution >= 4 is 6.03 Å². The zero-order chi connectivity index (χ0) is 15.4. The van der Waals surface area contributed by atoms with E-state index in [1.165, 1.54) is 12.8 Å². The number of carbonyl (C=O) groups excluding carboxylic acids is 1. The Morgan fingerprint density at radius 2 is 1.95 bits per heavy atom. The zero-order valence-electron chi connectivity index (χ0n) is 13.8. The highest BCUT2D eigenvalue weighted by molar-refractivity contribution is 5.74. The van der Waals surface area contributed by atoms with Gasteiger partial charge in [0, 0.05) is 12.1 Å². The van der Waals surface area contributed by atoms with Crippen LogP contribution in [0.1, 0.15) is 66.7 Å². The Morgan fingerprint density at radius 1 is 1.40 bits per heavy atom.